The standard InChI is InChI=1S/C26H25N3O5S/c1-16(25(31)32)10-11-28-24(30)23(12-17-13-27-15-35-17)29-26(33)34-14-22-20-8-4-2-6-18(20)19-7-3-5-9-21(19)22/h2-10,13,15,22-23H,11-12,14H2,1H3,(H,28,30)(H,29,33)(H,31,32)/b16-10+. The topological polar surface area (TPSA) is 118 Å². The molecule has 0 bridgehead atoms. The van der Waals surface area contributed by atoms with Crippen molar-refractivity contribution in [2.45, 2.75) is 25.3 Å². The zero-order chi connectivity index (χ0) is 24.8. The van der Waals surface area contributed by atoms with Crippen LogP contribution in [0.4, 0.5) is 4.79 Å². The number of fused-ring (bicyclic) bond motifs is 3. The summed E-state index contributed by atoms with van der Waals surface area (Å²) in [6.45, 7) is 1.61. The number of carbonyl (C=O) groups is 3. The Morgan fingerprint density at radius 2 is 1.77 bits per heavy atom. The summed E-state index contributed by atoms with van der Waals surface area (Å²) < 4.78 is 5.58. The third-order valence-electron chi connectivity index (χ3n) is 5.86. The van der Waals surface area contributed by atoms with Gasteiger partial charge < -0.3 is 20.5 Å². The molecule has 1 heterocycles. The summed E-state index contributed by atoms with van der Waals surface area (Å²) >= 11 is 1.37. The molecule has 0 spiro atoms. The SMILES string of the molecule is C/C(=C\CNC(=O)C(Cc1cncs1)NC(=O)OCC1c2ccccc2-c2ccccc21)C(=O)O. The summed E-state index contributed by atoms with van der Waals surface area (Å²) in [7, 11) is 0. The van der Waals surface area contributed by atoms with Crippen molar-refractivity contribution < 1.29 is 24.2 Å². The van der Waals surface area contributed by atoms with Crippen molar-refractivity contribution in [1.29, 1.82) is 0 Å². The van der Waals surface area contributed by atoms with Crippen LogP contribution in [0.1, 0.15) is 28.8 Å². The molecule has 1 aliphatic rings. The number of thiazole rings is 1. The average Bonchev–Trinajstić information content (AvgIpc) is 3.48. The smallest absolute Gasteiger partial charge is 0.407 e. The minimum Gasteiger partial charge on any atom is -0.478 e. The summed E-state index contributed by atoms with van der Waals surface area (Å²) in [4.78, 5) is 41.3. The Labute approximate surface area is 206 Å². The molecule has 0 saturated heterocycles. The molecule has 1 unspecified atom stereocenters. The normalized spacial score (nSPS) is 13.5. The monoisotopic (exact) mass is 491 g/mol. The van der Waals surface area contributed by atoms with E-state index in [-0.39, 0.29) is 31.1 Å². The van der Waals surface area contributed by atoms with Crippen molar-refractivity contribution in [3.63, 3.8) is 0 Å². The molecule has 1 atom stereocenters. The van der Waals surface area contributed by atoms with Crippen LogP contribution in [0.5, 0.6) is 0 Å². The maximum atomic E-state index is 12.8. The van der Waals surface area contributed by atoms with E-state index in [1.165, 1.54) is 24.3 Å². The largest absolute Gasteiger partial charge is 0.478 e. The molecule has 3 N–H and O–H groups in total. The van der Waals surface area contributed by atoms with Gasteiger partial charge in [-0.05, 0) is 29.2 Å². The Morgan fingerprint density at radius 1 is 1.11 bits per heavy atom. The van der Waals surface area contributed by atoms with E-state index in [1.54, 1.807) is 11.7 Å². The van der Waals surface area contributed by atoms with E-state index in [0.717, 1.165) is 27.1 Å². The number of amides is 2. The number of carboxylic acids is 1. The molecule has 0 saturated carbocycles. The summed E-state index contributed by atoms with van der Waals surface area (Å²) in [6.07, 6.45) is 2.58. The zero-order valence-electron chi connectivity index (χ0n) is 19.1. The fourth-order valence-corrected chi connectivity index (χ4v) is 4.69. The second-order valence-electron chi connectivity index (χ2n) is 8.13. The zero-order valence-corrected chi connectivity index (χ0v) is 19.9. The van der Waals surface area contributed by atoms with Gasteiger partial charge in [0.1, 0.15) is 12.6 Å². The van der Waals surface area contributed by atoms with E-state index in [9.17, 15) is 14.4 Å². The van der Waals surface area contributed by atoms with Gasteiger partial charge in [-0.25, -0.2) is 9.59 Å². The number of hydrogen-bond donors (Lipinski definition) is 3. The van der Waals surface area contributed by atoms with Gasteiger partial charge >= 0.3 is 12.1 Å². The van der Waals surface area contributed by atoms with Gasteiger partial charge in [0.05, 0.1) is 5.51 Å². The number of aliphatic carboxylic acids is 1. The van der Waals surface area contributed by atoms with Crippen LogP contribution in [-0.2, 0) is 20.7 Å². The molecular weight excluding hydrogens is 466 g/mol. The summed E-state index contributed by atoms with van der Waals surface area (Å²) in [6, 6.07) is 15.2. The molecular formula is C26H25N3O5S. The number of nitrogens with one attached hydrogen (secondary N) is 2. The average molecular weight is 492 g/mol. The quantitative estimate of drug-likeness (QED) is 0.393. The third-order valence-corrected chi connectivity index (χ3v) is 6.66. The second kappa shape index (κ2) is 11.0. The minimum absolute atomic E-state index is 0.0303. The van der Waals surface area contributed by atoms with Crippen molar-refractivity contribution in [2.24, 2.45) is 0 Å². The second-order valence-corrected chi connectivity index (χ2v) is 9.10. The number of nitrogens with zero attached hydrogens (tertiary/aromatic N) is 1. The molecule has 2 aromatic carbocycles. The van der Waals surface area contributed by atoms with Crippen molar-refractivity contribution in [3.05, 3.63) is 87.9 Å². The van der Waals surface area contributed by atoms with Crippen LogP contribution in [0.25, 0.3) is 11.1 Å². The molecule has 35 heavy (non-hydrogen) atoms. The molecule has 3 aromatic rings. The number of alkyl carbamates (subject to hydrolysis) is 1. The summed E-state index contributed by atoms with van der Waals surface area (Å²) in [5, 5.41) is 14.3. The fraction of sp³-hybridized carbons (Fsp3) is 0.231. The highest BCUT2D eigenvalue weighted by molar-refractivity contribution is 7.09. The first-order chi connectivity index (χ1) is 16.9. The van der Waals surface area contributed by atoms with Gasteiger partial charge in [0.25, 0.3) is 0 Å². The van der Waals surface area contributed by atoms with Gasteiger partial charge in [0.2, 0.25) is 5.91 Å². The van der Waals surface area contributed by atoms with E-state index < -0.39 is 24.0 Å². The van der Waals surface area contributed by atoms with Gasteiger partial charge in [-0.2, -0.15) is 0 Å². The molecule has 0 fully saturated rings. The van der Waals surface area contributed by atoms with Gasteiger partial charge in [0, 0.05) is 35.5 Å². The summed E-state index contributed by atoms with van der Waals surface area (Å²) in [5.41, 5.74) is 6.22. The predicted octanol–water partition coefficient (Wildman–Crippen LogP) is 3.74. The number of hydrogen-bond acceptors (Lipinski definition) is 6. The molecule has 2 amide bonds. The molecule has 180 valence electrons. The fourth-order valence-electron chi connectivity index (χ4n) is 4.05. The van der Waals surface area contributed by atoms with E-state index in [4.69, 9.17) is 9.84 Å². The van der Waals surface area contributed by atoms with Crippen LogP contribution in [0.15, 0.2) is 71.9 Å². The Hall–Kier alpha value is -3.98. The number of carbonyl (C=O) groups excluding carboxylic acids is 2. The van der Waals surface area contributed by atoms with Gasteiger partial charge in [-0.15, -0.1) is 11.3 Å². The highest BCUT2D eigenvalue weighted by atomic mass is 32.1. The van der Waals surface area contributed by atoms with Gasteiger partial charge in [-0.3, -0.25) is 9.78 Å². The molecule has 1 aromatic heterocycles. The number of ether oxygens (including phenoxy) is 1. The van der Waals surface area contributed by atoms with Crippen molar-refractivity contribution in [3.8, 4) is 11.1 Å². The molecule has 4 rings (SSSR count). The first kappa shape index (κ1) is 24.2. The van der Waals surface area contributed by atoms with Gasteiger partial charge in [0.15, 0.2) is 0 Å². The number of aromatic nitrogens is 1. The predicted molar refractivity (Wildman–Crippen MR) is 132 cm³/mol. The van der Waals surface area contributed by atoms with E-state index in [0.29, 0.717) is 0 Å². The van der Waals surface area contributed by atoms with Crippen LogP contribution in [0.3, 0.4) is 0 Å². The molecule has 8 nitrogen and oxygen atoms in total. The molecule has 0 radical (unpaired) electrons. The highest BCUT2D eigenvalue weighted by Crippen LogP contribution is 2.44. The van der Waals surface area contributed by atoms with E-state index in [2.05, 4.69) is 27.8 Å². The number of rotatable bonds is 9. The Balaban J connectivity index is 1.41. The Morgan fingerprint density at radius 3 is 2.37 bits per heavy atom. The third kappa shape index (κ3) is 5.75. The van der Waals surface area contributed by atoms with Crippen molar-refractivity contribution >= 4 is 29.3 Å². The first-order valence-corrected chi connectivity index (χ1v) is 12.0. The van der Waals surface area contributed by atoms with E-state index in [1.807, 2.05) is 36.4 Å². The van der Waals surface area contributed by atoms with Crippen LogP contribution in [-0.4, -0.2) is 47.3 Å². The maximum absolute atomic E-state index is 12.8. The Kier molecular flexibility index (Phi) is 7.57. The minimum atomic E-state index is -1.06. The lowest BCUT2D eigenvalue weighted by atomic mass is 9.98. The molecule has 1 aliphatic carbocycles. The maximum Gasteiger partial charge on any atom is 0.407 e. The lowest BCUT2D eigenvalue weighted by molar-refractivity contribution is -0.132. The lowest BCUT2D eigenvalue weighted by Gasteiger charge is -2.19. The number of benzene rings is 2. The highest BCUT2D eigenvalue weighted by Gasteiger charge is 2.30. The molecule has 9 heteroatoms. The van der Waals surface area contributed by atoms with Crippen LogP contribution in [0, 0.1) is 0 Å². The van der Waals surface area contributed by atoms with Crippen LogP contribution in [0.2, 0.25) is 0 Å². The van der Waals surface area contributed by atoms with Crippen LogP contribution >= 0.6 is 11.3 Å². The number of carboxylic acid groups (broad SMARTS) is 1. The lowest BCUT2D eigenvalue weighted by Crippen LogP contribution is -2.48. The van der Waals surface area contributed by atoms with Gasteiger partial charge in [-0.1, -0.05) is 54.6 Å². The summed E-state index contributed by atoms with van der Waals surface area (Å²) in [5.74, 6) is -1.59. The Bertz CT molecular complexity index is 1210. The van der Waals surface area contributed by atoms with Crippen molar-refractivity contribution in [2.75, 3.05) is 13.2 Å². The van der Waals surface area contributed by atoms with Crippen LogP contribution < -0.4 is 10.6 Å². The van der Waals surface area contributed by atoms with E-state index >= 15 is 0 Å². The van der Waals surface area contributed by atoms with Crippen molar-refractivity contribution in [1.82, 2.24) is 15.6 Å². The molecule has 0 aliphatic heterocycles. The first-order valence-electron chi connectivity index (χ1n) is 11.1.